The van der Waals surface area contributed by atoms with Crippen molar-refractivity contribution in [3.05, 3.63) is 53.3 Å². The summed E-state index contributed by atoms with van der Waals surface area (Å²) in [7, 11) is 0. The SMILES string of the molecule is Cc1ccncc1-c1cc(C#N)cc(C(=O)O)c1. The minimum atomic E-state index is -1.05. The van der Waals surface area contributed by atoms with Crippen LogP contribution in [0.25, 0.3) is 11.1 Å². The molecule has 0 spiro atoms. The van der Waals surface area contributed by atoms with E-state index >= 15 is 0 Å². The fourth-order valence-electron chi connectivity index (χ4n) is 1.74. The van der Waals surface area contributed by atoms with E-state index in [1.54, 1.807) is 24.5 Å². The van der Waals surface area contributed by atoms with Crippen molar-refractivity contribution in [1.29, 1.82) is 5.26 Å². The van der Waals surface area contributed by atoms with Gasteiger partial charge in [-0.1, -0.05) is 0 Å². The molecular weight excluding hydrogens is 228 g/mol. The Morgan fingerprint density at radius 2 is 2.17 bits per heavy atom. The van der Waals surface area contributed by atoms with Gasteiger partial charge in [0.15, 0.2) is 0 Å². The number of hydrogen-bond acceptors (Lipinski definition) is 3. The lowest BCUT2D eigenvalue weighted by molar-refractivity contribution is 0.0697. The Hall–Kier alpha value is -2.67. The molecule has 2 aromatic rings. The fourth-order valence-corrected chi connectivity index (χ4v) is 1.74. The number of aryl methyl sites for hydroxylation is 1. The second kappa shape index (κ2) is 4.68. The molecule has 0 saturated carbocycles. The average molecular weight is 238 g/mol. The van der Waals surface area contributed by atoms with Crippen LogP contribution in [0.15, 0.2) is 36.7 Å². The first-order valence-corrected chi connectivity index (χ1v) is 5.31. The lowest BCUT2D eigenvalue weighted by Gasteiger charge is -2.06. The van der Waals surface area contributed by atoms with Crippen molar-refractivity contribution >= 4 is 5.97 Å². The molecule has 0 radical (unpaired) electrons. The van der Waals surface area contributed by atoms with E-state index in [9.17, 15) is 4.79 Å². The largest absolute Gasteiger partial charge is 0.478 e. The van der Waals surface area contributed by atoms with Crippen LogP contribution in [0.4, 0.5) is 0 Å². The van der Waals surface area contributed by atoms with E-state index in [0.717, 1.165) is 11.1 Å². The van der Waals surface area contributed by atoms with Crippen LogP contribution < -0.4 is 0 Å². The van der Waals surface area contributed by atoms with Crippen LogP contribution in [-0.4, -0.2) is 16.1 Å². The number of nitrogens with zero attached hydrogens (tertiary/aromatic N) is 2. The summed E-state index contributed by atoms with van der Waals surface area (Å²) in [6, 6.07) is 8.38. The van der Waals surface area contributed by atoms with Gasteiger partial charge >= 0.3 is 5.97 Å². The second-order valence-electron chi connectivity index (χ2n) is 3.91. The van der Waals surface area contributed by atoms with E-state index in [2.05, 4.69) is 4.98 Å². The lowest BCUT2D eigenvalue weighted by atomic mass is 9.98. The maximum absolute atomic E-state index is 11.0. The maximum atomic E-state index is 11.0. The van der Waals surface area contributed by atoms with Gasteiger partial charge in [-0.3, -0.25) is 4.98 Å². The van der Waals surface area contributed by atoms with Gasteiger partial charge in [-0.2, -0.15) is 5.26 Å². The van der Waals surface area contributed by atoms with Crippen molar-refractivity contribution < 1.29 is 9.90 Å². The van der Waals surface area contributed by atoms with Gasteiger partial charge in [0.2, 0.25) is 0 Å². The third kappa shape index (κ3) is 2.20. The van der Waals surface area contributed by atoms with E-state index in [1.165, 1.54) is 6.07 Å². The van der Waals surface area contributed by atoms with Crippen molar-refractivity contribution in [2.75, 3.05) is 0 Å². The first-order valence-electron chi connectivity index (χ1n) is 5.31. The maximum Gasteiger partial charge on any atom is 0.335 e. The zero-order valence-electron chi connectivity index (χ0n) is 9.71. The summed E-state index contributed by atoms with van der Waals surface area (Å²) < 4.78 is 0. The summed E-state index contributed by atoms with van der Waals surface area (Å²) in [5, 5.41) is 17.9. The number of benzene rings is 1. The molecule has 1 aromatic carbocycles. The summed E-state index contributed by atoms with van der Waals surface area (Å²) in [6.45, 7) is 1.91. The highest BCUT2D eigenvalue weighted by Crippen LogP contribution is 2.24. The molecule has 0 bridgehead atoms. The van der Waals surface area contributed by atoms with Crippen molar-refractivity contribution in [3.63, 3.8) is 0 Å². The second-order valence-corrected chi connectivity index (χ2v) is 3.91. The standard InChI is InChI=1S/C14H10N2O2/c1-9-2-3-16-8-13(9)11-4-10(7-15)5-12(6-11)14(17)18/h2-6,8H,1H3,(H,17,18). The van der Waals surface area contributed by atoms with Crippen LogP contribution in [0.5, 0.6) is 0 Å². The Labute approximate surface area is 104 Å². The van der Waals surface area contributed by atoms with E-state index in [-0.39, 0.29) is 5.56 Å². The van der Waals surface area contributed by atoms with Crippen LogP contribution in [0.2, 0.25) is 0 Å². The number of carboxylic acids is 1. The van der Waals surface area contributed by atoms with E-state index < -0.39 is 5.97 Å². The van der Waals surface area contributed by atoms with Crippen LogP contribution in [0.3, 0.4) is 0 Å². The number of pyridine rings is 1. The molecule has 0 aliphatic carbocycles. The fraction of sp³-hybridized carbons (Fsp3) is 0.0714. The van der Waals surface area contributed by atoms with Crippen LogP contribution >= 0.6 is 0 Å². The van der Waals surface area contributed by atoms with Crippen LogP contribution in [0.1, 0.15) is 21.5 Å². The minimum absolute atomic E-state index is 0.104. The number of carboxylic acid groups (broad SMARTS) is 1. The van der Waals surface area contributed by atoms with Crippen molar-refractivity contribution in [2.24, 2.45) is 0 Å². The van der Waals surface area contributed by atoms with Crippen LogP contribution in [0, 0.1) is 18.3 Å². The zero-order valence-corrected chi connectivity index (χ0v) is 9.71. The molecule has 0 saturated heterocycles. The first-order chi connectivity index (χ1) is 8.61. The van der Waals surface area contributed by atoms with Crippen LogP contribution in [-0.2, 0) is 0 Å². The van der Waals surface area contributed by atoms with Gasteiger partial charge in [-0.15, -0.1) is 0 Å². The summed E-state index contributed by atoms with van der Waals surface area (Å²) in [4.78, 5) is 15.0. The van der Waals surface area contributed by atoms with Gasteiger partial charge in [0, 0.05) is 18.0 Å². The number of hydrogen-bond donors (Lipinski definition) is 1. The number of aromatic carboxylic acids is 1. The number of aromatic nitrogens is 1. The Bertz CT molecular complexity index is 657. The third-order valence-corrected chi connectivity index (χ3v) is 2.66. The molecule has 88 valence electrons. The Balaban J connectivity index is 2.65. The van der Waals surface area contributed by atoms with E-state index in [0.29, 0.717) is 11.1 Å². The minimum Gasteiger partial charge on any atom is -0.478 e. The molecule has 0 unspecified atom stereocenters. The van der Waals surface area contributed by atoms with Gasteiger partial charge < -0.3 is 5.11 Å². The van der Waals surface area contributed by atoms with Gasteiger partial charge in [0.1, 0.15) is 0 Å². The normalized spacial score (nSPS) is 9.78. The lowest BCUT2D eigenvalue weighted by Crippen LogP contribution is -1.98. The van der Waals surface area contributed by atoms with Gasteiger partial charge in [-0.05, 0) is 42.3 Å². The molecule has 0 aliphatic rings. The Morgan fingerprint density at radius 1 is 1.39 bits per heavy atom. The number of carbonyl (C=O) groups is 1. The monoisotopic (exact) mass is 238 g/mol. The molecule has 0 fully saturated rings. The predicted octanol–water partition coefficient (Wildman–Crippen LogP) is 2.63. The molecule has 1 N–H and O–H groups in total. The van der Waals surface area contributed by atoms with E-state index in [4.69, 9.17) is 10.4 Å². The highest BCUT2D eigenvalue weighted by Gasteiger charge is 2.09. The molecular formula is C14H10N2O2. The van der Waals surface area contributed by atoms with Gasteiger partial charge in [0.05, 0.1) is 17.2 Å². The first kappa shape index (κ1) is 11.8. The predicted molar refractivity (Wildman–Crippen MR) is 66.1 cm³/mol. The molecule has 1 heterocycles. The summed E-state index contributed by atoms with van der Waals surface area (Å²) in [5.41, 5.74) is 2.94. The molecule has 4 heteroatoms. The van der Waals surface area contributed by atoms with Gasteiger partial charge in [0.25, 0.3) is 0 Å². The molecule has 1 aromatic heterocycles. The average Bonchev–Trinajstić information content (AvgIpc) is 2.38. The number of rotatable bonds is 2. The third-order valence-electron chi connectivity index (χ3n) is 2.66. The Kier molecular flexibility index (Phi) is 3.07. The smallest absolute Gasteiger partial charge is 0.335 e. The number of nitriles is 1. The van der Waals surface area contributed by atoms with Crippen molar-refractivity contribution in [2.45, 2.75) is 6.92 Å². The quantitative estimate of drug-likeness (QED) is 0.872. The van der Waals surface area contributed by atoms with Crippen molar-refractivity contribution in [1.82, 2.24) is 4.98 Å². The summed E-state index contributed by atoms with van der Waals surface area (Å²) in [6.07, 6.45) is 3.34. The Morgan fingerprint density at radius 3 is 2.78 bits per heavy atom. The highest BCUT2D eigenvalue weighted by molar-refractivity contribution is 5.90. The molecule has 2 rings (SSSR count). The summed E-state index contributed by atoms with van der Waals surface area (Å²) in [5.74, 6) is -1.05. The summed E-state index contributed by atoms with van der Waals surface area (Å²) >= 11 is 0. The molecule has 4 nitrogen and oxygen atoms in total. The molecule has 0 atom stereocenters. The van der Waals surface area contributed by atoms with E-state index in [1.807, 2.05) is 19.1 Å². The van der Waals surface area contributed by atoms with Gasteiger partial charge in [-0.25, -0.2) is 4.79 Å². The topological polar surface area (TPSA) is 74.0 Å². The molecule has 0 aliphatic heterocycles. The van der Waals surface area contributed by atoms with Crippen molar-refractivity contribution in [3.8, 4) is 17.2 Å². The molecule has 0 amide bonds. The highest BCUT2D eigenvalue weighted by atomic mass is 16.4. The molecule has 18 heavy (non-hydrogen) atoms. The zero-order chi connectivity index (χ0) is 13.1.